The van der Waals surface area contributed by atoms with Gasteiger partial charge >= 0.3 is 0 Å². The maximum Gasteiger partial charge on any atom is 0.270 e. The number of nitro groups is 1. The van der Waals surface area contributed by atoms with E-state index in [4.69, 9.17) is 15.3 Å². The topological polar surface area (TPSA) is 112 Å². The van der Waals surface area contributed by atoms with Crippen LogP contribution >= 0.6 is 0 Å². The van der Waals surface area contributed by atoms with Crippen molar-refractivity contribution in [2.45, 2.75) is 26.0 Å². The number of ether oxygens (including phenoxy) is 1. The predicted octanol–water partition coefficient (Wildman–Crippen LogP) is 3.76. The molecule has 0 spiro atoms. The second-order valence-electron chi connectivity index (χ2n) is 5.24. The molecule has 1 atom stereocenters. The summed E-state index contributed by atoms with van der Waals surface area (Å²) in [7, 11) is 0. The molecule has 2 aromatic carbocycles. The van der Waals surface area contributed by atoms with E-state index in [2.05, 4.69) is 11.4 Å². The number of anilines is 1. The Morgan fingerprint density at radius 3 is 2.72 bits per heavy atom. The summed E-state index contributed by atoms with van der Waals surface area (Å²) in [5.41, 5.74) is 1.49. The first-order valence-corrected chi connectivity index (χ1v) is 7.65. The van der Waals surface area contributed by atoms with E-state index in [0.717, 1.165) is 5.56 Å². The maximum atomic E-state index is 10.8. The highest BCUT2D eigenvalue weighted by atomic mass is 16.6. The van der Waals surface area contributed by atoms with Crippen molar-refractivity contribution in [1.29, 1.82) is 10.5 Å². The first-order chi connectivity index (χ1) is 12.1. The number of nitriles is 2. The van der Waals surface area contributed by atoms with E-state index in [1.54, 1.807) is 6.07 Å². The fourth-order valence-corrected chi connectivity index (χ4v) is 2.18. The van der Waals surface area contributed by atoms with Gasteiger partial charge in [0.1, 0.15) is 17.9 Å². The van der Waals surface area contributed by atoms with E-state index >= 15 is 0 Å². The third kappa shape index (κ3) is 4.69. The van der Waals surface area contributed by atoms with Crippen molar-refractivity contribution in [3.63, 3.8) is 0 Å². The quantitative estimate of drug-likeness (QED) is 0.608. The second-order valence-corrected chi connectivity index (χ2v) is 5.24. The van der Waals surface area contributed by atoms with Crippen LogP contribution in [0.4, 0.5) is 11.4 Å². The predicted molar refractivity (Wildman–Crippen MR) is 91.9 cm³/mol. The minimum atomic E-state index is -0.537. The molecule has 0 aromatic heterocycles. The lowest BCUT2D eigenvalue weighted by atomic mass is 10.1. The van der Waals surface area contributed by atoms with Gasteiger partial charge in [-0.1, -0.05) is 19.1 Å². The fraction of sp³-hybridized carbons (Fsp3) is 0.222. The molecule has 0 radical (unpaired) electrons. The third-order valence-corrected chi connectivity index (χ3v) is 3.51. The summed E-state index contributed by atoms with van der Waals surface area (Å²) in [4.78, 5) is 10.2. The first kappa shape index (κ1) is 17.8. The molecule has 0 fully saturated rings. The molecule has 7 nitrogen and oxygen atoms in total. The number of benzene rings is 2. The lowest BCUT2D eigenvalue weighted by Crippen LogP contribution is -2.12. The molecule has 2 rings (SSSR count). The first-order valence-electron chi connectivity index (χ1n) is 7.65. The van der Waals surface area contributed by atoms with E-state index in [-0.39, 0.29) is 11.3 Å². The molecule has 0 bridgehead atoms. The van der Waals surface area contributed by atoms with Crippen LogP contribution in [0.5, 0.6) is 5.75 Å². The summed E-state index contributed by atoms with van der Waals surface area (Å²) in [6.07, 6.45) is 0.0934. The van der Waals surface area contributed by atoms with Crippen LogP contribution in [0.1, 0.15) is 24.5 Å². The largest absolute Gasteiger partial charge is 0.476 e. The van der Waals surface area contributed by atoms with Crippen molar-refractivity contribution in [3.8, 4) is 17.9 Å². The minimum absolute atomic E-state index is 0.125. The average Bonchev–Trinajstić information content (AvgIpc) is 2.64. The fourth-order valence-electron chi connectivity index (χ4n) is 2.18. The minimum Gasteiger partial charge on any atom is -0.476 e. The zero-order chi connectivity index (χ0) is 18.2. The van der Waals surface area contributed by atoms with Gasteiger partial charge in [0.05, 0.1) is 16.2 Å². The van der Waals surface area contributed by atoms with Crippen LogP contribution in [0, 0.1) is 32.8 Å². The number of non-ortho nitro benzene ring substituents is 1. The summed E-state index contributed by atoms with van der Waals surface area (Å²) in [5.74, 6) is 0.594. The van der Waals surface area contributed by atoms with Crippen LogP contribution < -0.4 is 10.1 Å². The molecule has 0 saturated carbocycles. The van der Waals surface area contributed by atoms with Gasteiger partial charge in [-0.3, -0.25) is 10.1 Å². The molecular formula is C18H16N4O3. The molecule has 0 aliphatic rings. The number of nitrogens with one attached hydrogen (secondary N) is 1. The van der Waals surface area contributed by atoms with E-state index < -0.39 is 11.0 Å². The zero-order valence-corrected chi connectivity index (χ0v) is 13.6. The van der Waals surface area contributed by atoms with Crippen LogP contribution in [0.25, 0.3) is 0 Å². The normalized spacial score (nSPS) is 11.0. The van der Waals surface area contributed by atoms with Gasteiger partial charge in [-0.05, 0) is 30.2 Å². The van der Waals surface area contributed by atoms with Crippen LogP contribution in [0.2, 0.25) is 0 Å². The highest BCUT2D eigenvalue weighted by molar-refractivity contribution is 5.61. The van der Waals surface area contributed by atoms with Gasteiger partial charge in [0.15, 0.2) is 6.10 Å². The number of nitro benzene ring substituents is 1. The Morgan fingerprint density at radius 2 is 2.08 bits per heavy atom. The van der Waals surface area contributed by atoms with Crippen molar-refractivity contribution in [2.75, 3.05) is 5.32 Å². The van der Waals surface area contributed by atoms with Gasteiger partial charge < -0.3 is 10.1 Å². The zero-order valence-electron chi connectivity index (χ0n) is 13.6. The summed E-state index contributed by atoms with van der Waals surface area (Å²) < 4.78 is 5.58. The average molecular weight is 336 g/mol. The maximum absolute atomic E-state index is 10.8. The molecule has 0 amide bonds. The summed E-state index contributed by atoms with van der Waals surface area (Å²) >= 11 is 0. The van der Waals surface area contributed by atoms with Crippen LogP contribution in [0.15, 0.2) is 42.5 Å². The molecule has 25 heavy (non-hydrogen) atoms. The van der Waals surface area contributed by atoms with Gasteiger partial charge in [0.25, 0.3) is 5.69 Å². The summed E-state index contributed by atoms with van der Waals surface area (Å²) in [6, 6.07) is 15.4. The van der Waals surface area contributed by atoms with Crippen molar-refractivity contribution >= 4 is 11.4 Å². The third-order valence-electron chi connectivity index (χ3n) is 3.51. The number of hydrogen-bond donors (Lipinski definition) is 1. The van der Waals surface area contributed by atoms with Crippen molar-refractivity contribution in [1.82, 2.24) is 0 Å². The Labute approximate surface area is 145 Å². The summed E-state index contributed by atoms with van der Waals surface area (Å²) in [5, 5.41) is 32.0. The Hall–Kier alpha value is -3.58. The van der Waals surface area contributed by atoms with Crippen molar-refractivity contribution in [2.24, 2.45) is 0 Å². The number of nitrogens with zero attached hydrogens (tertiary/aromatic N) is 3. The van der Waals surface area contributed by atoms with Gasteiger partial charge in [-0.25, -0.2) is 0 Å². The molecule has 7 heteroatoms. The van der Waals surface area contributed by atoms with Gasteiger partial charge in [-0.2, -0.15) is 10.5 Å². The molecule has 0 aliphatic carbocycles. The Morgan fingerprint density at radius 1 is 1.28 bits per heavy atom. The smallest absolute Gasteiger partial charge is 0.270 e. The van der Waals surface area contributed by atoms with E-state index in [9.17, 15) is 10.1 Å². The monoisotopic (exact) mass is 336 g/mol. The van der Waals surface area contributed by atoms with Gasteiger partial charge in [0.2, 0.25) is 0 Å². The van der Waals surface area contributed by atoms with E-state index in [0.29, 0.717) is 24.4 Å². The Balaban J connectivity index is 2.10. The second kappa shape index (κ2) is 8.32. The molecule has 126 valence electrons. The molecule has 2 aromatic rings. The number of hydrogen-bond acceptors (Lipinski definition) is 6. The number of rotatable bonds is 7. The molecule has 1 unspecified atom stereocenters. The Bertz CT molecular complexity index is 852. The molecule has 0 heterocycles. The van der Waals surface area contributed by atoms with Crippen LogP contribution in [0.3, 0.4) is 0 Å². The standard InChI is InChI=1S/C18H16N4O3/c1-2-16(11-20)25-17-5-3-4-13(8-17)12-21-18-7-6-15(22(23)24)9-14(18)10-19/h3-9,16,21H,2,12H2,1H3. The molecular weight excluding hydrogens is 320 g/mol. The van der Waals surface area contributed by atoms with Crippen LogP contribution in [-0.2, 0) is 6.54 Å². The molecule has 0 saturated heterocycles. The van der Waals surface area contributed by atoms with Gasteiger partial charge in [0, 0.05) is 18.7 Å². The van der Waals surface area contributed by atoms with Crippen LogP contribution in [-0.4, -0.2) is 11.0 Å². The highest BCUT2D eigenvalue weighted by Crippen LogP contribution is 2.23. The lowest BCUT2D eigenvalue weighted by molar-refractivity contribution is -0.384. The Kier molecular flexibility index (Phi) is 5.92. The SMILES string of the molecule is CCC(C#N)Oc1cccc(CNc2ccc([N+](=O)[O-])cc2C#N)c1. The highest BCUT2D eigenvalue weighted by Gasteiger charge is 2.11. The van der Waals surface area contributed by atoms with E-state index in [1.165, 1.54) is 18.2 Å². The summed E-state index contributed by atoms with van der Waals surface area (Å²) in [6.45, 7) is 2.28. The van der Waals surface area contributed by atoms with Crippen molar-refractivity contribution in [3.05, 3.63) is 63.7 Å². The van der Waals surface area contributed by atoms with Crippen molar-refractivity contribution < 1.29 is 9.66 Å². The lowest BCUT2D eigenvalue weighted by Gasteiger charge is -2.12. The van der Waals surface area contributed by atoms with E-state index in [1.807, 2.05) is 31.2 Å². The molecule has 1 N–H and O–H groups in total. The molecule has 0 aliphatic heterocycles. The van der Waals surface area contributed by atoms with Gasteiger partial charge in [-0.15, -0.1) is 0 Å².